The van der Waals surface area contributed by atoms with E-state index >= 15 is 0 Å². The van der Waals surface area contributed by atoms with Gasteiger partial charge in [0.1, 0.15) is 0 Å². The number of nitrogens with zero attached hydrogens (tertiary/aromatic N) is 3. The third kappa shape index (κ3) is 3.82. The van der Waals surface area contributed by atoms with Gasteiger partial charge in [-0.05, 0) is 77.2 Å². The molecule has 0 aromatic heterocycles. The van der Waals surface area contributed by atoms with Crippen molar-refractivity contribution < 1.29 is 14.7 Å². The van der Waals surface area contributed by atoms with E-state index in [9.17, 15) is 14.7 Å². The van der Waals surface area contributed by atoms with Gasteiger partial charge in [-0.15, -0.1) is 0 Å². The van der Waals surface area contributed by atoms with Crippen LogP contribution in [-0.2, 0) is 16.0 Å². The summed E-state index contributed by atoms with van der Waals surface area (Å²) in [7, 11) is 0. The van der Waals surface area contributed by atoms with Gasteiger partial charge in [-0.25, -0.2) is 4.79 Å². The van der Waals surface area contributed by atoms with Crippen LogP contribution < -0.4 is 9.91 Å². The molecule has 6 nitrogen and oxygen atoms in total. The van der Waals surface area contributed by atoms with E-state index in [1.165, 1.54) is 16.3 Å². The number of rotatable bonds is 4. The average molecular weight is 474 g/mol. The molecule has 0 bridgehead atoms. The zero-order chi connectivity index (χ0) is 24.6. The van der Waals surface area contributed by atoms with Crippen LogP contribution in [0.25, 0.3) is 16.8 Å². The SMILES string of the molecule is O=C(O)C1=NN(c2ccccc2)C(=O)/C1=C\c1ccc2c(c1)CCCN2c1ccc2ccccc2c1. The number of carbonyl (C=O) groups is 2. The summed E-state index contributed by atoms with van der Waals surface area (Å²) >= 11 is 0. The van der Waals surface area contributed by atoms with Gasteiger partial charge >= 0.3 is 5.97 Å². The fraction of sp³-hybridized carbons (Fsp3) is 0.100. The Morgan fingerprint density at radius 1 is 0.861 bits per heavy atom. The van der Waals surface area contributed by atoms with Crippen LogP contribution in [0.1, 0.15) is 17.5 Å². The predicted octanol–water partition coefficient (Wildman–Crippen LogP) is 5.79. The highest BCUT2D eigenvalue weighted by Gasteiger charge is 2.35. The molecule has 0 spiro atoms. The largest absolute Gasteiger partial charge is 0.476 e. The maximum atomic E-state index is 13.1. The first-order valence-corrected chi connectivity index (χ1v) is 11.9. The number of para-hydroxylation sites is 1. The lowest BCUT2D eigenvalue weighted by Gasteiger charge is -2.32. The Balaban J connectivity index is 1.35. The van der Waals surface area contributed by atoms with Gasteiger partial charge < -0.3 is 10.0 Å². The van der Waals surface area contributed by atoms with Crippen molar-refractivity contribution in [2.45, 2.75) is 12.8 Å². The monoisotopic (exact) mass is 473 g/mol. The highest BCUT2D eigenvalue weighted by molar-refractivity contribution is 6.53. The molecule has 4 aromatic rings. The standard InChI is InChI=1S/C30H23N3O3/c34-29-26(28(30(35)36)31-33(29)24-10-2-1-3-11-24)18-20-12-15-27-23(17-20)9-6-16-32(27)25-14-13-21-7-4-5-8-22(21)19-25/h1-5,7-8,10-15,17-19H,6,9,16H2,(H,35,36)/b26-18-. The van der Waals surface area contributed by atoms with E-state index in [1.807, 2.05) is 30.3 Å². The molecule has 0 radical (unpaired) electrons. The van der Waals surface area contributed by atoms with E-state index in [0.717, 1.165) is 41.3 Å². The maximum absolute atomic E-state index is 13.1. The van der Waals surface area contributed by atoms with Gasteiger partial charge in [0, 0.05) is 17.9 Å². The summed E-state index contributed by atoms with van der Waals surface area (Å²) in [5.41, 5.74) is 4.58. The van der Waals surface area contributed by atoms with Crippen LogP contribution in [0.4, 0.5) is 17.1 Å². The second-order valence-electron chi connectivity index (χ2n) is 8.94. The lowest BCUT2D eigenvalue weighted by Crippen LogP contribution is -2.24. The molecule has 0 saturated heterocycles. The first-order valence-electron chi connectivity index (χ1n) is 11.9. The number of aryl methyl sites for hydroxylation is 1. The molecular formula is C30H23N3O3. The number of hydrogen-bond acceptors (Lipinski definition) is 4. The molecule has 2 aliphatic rings. The molecule has 0 unspecified atom stereocenters. The third-order valence-electron chi connectivity index (χ3n) is 6.66. The molecule has 2 heterocycles. The number of anilines is 3. The summed E-state index contributed by atoms with van der Waals surface area (Å²) in [6, 6.07) is 29.7. The number of hydrazone groups is 1. The van der Waals surface area contributed by atoms with E-state index in [-0.39, 0.29) is 11.3 Å². The number of amides is 1. The number of fused-ring (bicyclic) bond motifs is 2. The van der Waals surface area contributed by atoms with Crippen molar-refractivity contribution in [1.82, 2.24) is 0 Å². The molecule has 6 rings (SSSR count). The molecule has 6 heteroatoms. The second kappa shape index (κ2) is 8.82. The van der Waals surface area contributed by atoms with Crippen molar-refractivity contribution >= 4 is 51.5 Å². The molecule has 1 amide bonds. The van der Waals surface area contributed by atoms with Crippen LogP contribution in [0, 0.1) is 0 Å². The van der Waals surface area contributed by atoms with Crippen molar-refractivity contribution in [3.05, 3.63) is 108 Å². The van der Waals surface area contributed by atoms with Crippen LogP contribution >= 0.6 is 0 Å². The fourth-order valence-electron chi connectivity index (χ4n) is 4.93. The van der Waals surface area contributed by atoms with Crippen LogP contribution in [0.3, 0.4) is 0 Å². The second-order valence-corrected chi connectivity index (χ2v) is 8.94. The zero-order valence-corrected chi connectivity index (χ0v) is 19.5. The van der Waals surface area contributed by atoms with Gasteiger partial charge in [0.15, 0.2) is 5.71 Å². The van der Waals surface area contributed by atoms with Gasteiger partial charge in [-0.3, -0.25) is 4.79 Å². The van der Waals surface area contributed by atoms with Crippen LogP contribution in [0.5, 0.6) is 0 Å². The van der Waals surface area contributed by atoms with Crippen molar-refractivity contribution in [2.75, 3.05) is 16.5 Å². The van der Waals surface area contributed by atoms with Crippen LogP contribution in [0.2, 0.25) is 0 Å². The zero-order valence-electron chi connectivity index (χ0n) is 19.5. The van der Waals surface area contributed by atoms with Gasteiger partial charge in [0.2, 0.25) is 0 Å². The minimum Gasteiger partial charge on any atom is -0.476 e. The molecule has 1 N–H and O–H groups in total. The first kappa shape index (κ1) is 21.8. The third-order valence-corrected chi connectivity index (χ3v) is 6.66. The molecule has 2 aliphatic heterocycles. The summed E-state index contributed by atoms with van der Waals surface area (Å²) in [6.07, 6.45) is 3.55. The quantitative estimate of drug-likeness (QED) is 0.381. The summed E-state index contributed by atoms with van der Waals surface area (Å²) in [4.78, 5) is 27.3. The molecule has 0 atom stereocenters. The Kier molecular flexibility index (Phi) is 5.34. The Labute approximate surface area is 208 Å². The fourth-order valence-corrected chi connectivity index (χ4v) is 4.93. The van der Waals surface area contributed by atoms with E-state index < -0.39 is 11.9 Å². The molecule has 176 valence electrons. The molecular weight excluding hydrogens is 450 g/mol. The maximum Gasteiger partial charge on any atom is 0.357 e. The number of carboxylic acids is 1. The van der Waals surface area contributed by atoms with Crippen LogP contribution in [-0.4, -0.2) is 29.2 Å². The van der Waals surface area contributed by atoms with E-state index in [1.54, 1.807) is 30.3 Å². The lowest BCUT2D eigenvalue weighted by molar-refractivity contribution is -0.129. The van der Waals surface area contributed by atoms with E-state index in [2.05, 4.69) is 46.4 Å². The molecule has 4 aromatic carbocycles. The van der Waals surface area contributed by atoms with E-state index in [4.69, 9.17) is 0 Å². The number of aliphatic carboxylic acids is 1. The summed E-state index contributed by atoms with van der Waals surface area (Å²) in [6.45, 7) is 0.923. The van der Waals surface area contributed by atoms with Gasteiger partial charge in [-0.2, -0.15) is 10.1 Å². The Bertz CT molecular complexity index is 1570. The van der Waals surface area contributed by atoms with Crippen molar-refractivity contribution in [1.29, 1.82) is 0 Å². The smallest absolute Gasteiger partial charge is 0.357 e. The Morgan fingerprint density at radius 2 is 1.64 bits per heavy atom. The summed E-state index contributed by atoms with van der Waals surface area (Å²) in [5, 5.41) is 17.4. The Morgan fingerprint density at radius 3 is 2.44 bits per heavy atom. The normalized spacial score (nSPS) is 16.4. The lowest BCUT2D eigenvalue weighted by atomic mass is 9.96. The number of carbonyl (C=O) groups excluding carboxylic acids is 1. The first-order chi connectivity index (χ1) is 17.6. The molecule has 36 heavy (non-hydrogen) atoms. The average Bonchev–Trinajstić information content (AvgIpc) is 3.24. The topological polar surface area (TPSA) is 73.2 Å². The molecule has 0 saturated carbocycles. The van der Waals surface area contributed by atoms with Crippen LogP contribution in [0.15, 0.2) is 102 Å². The summed E-state index contributed by atoms with van der Waals surface area (Å²) < 4.78 is 0. The van der Waals surface area contributed by atoms with E-state index in [0.29, 0.717) is 5.69 Å². The minimum atomic E-state index is -1.23. The minimum absolute atomic E-state index is 0.0773. The molecule has 0 aliphatic carbocycles. The number of hydrogen-bond donors (Lipinski definition) is 1. The predicted molar refractivity (Wildman–Crippen MR) is 143 cm³/mol. The van der Waals surface area contributed by atoms with Gasteiger partial charge in [-0.1, -0.05) is 54.6 Å². The molecule has 0 fully saturated rings. The highest BCUT2D eigenvalue weighted by atomic mass is 16.4. The van der Waals surface area contributed by atoms with Gasteiger partial charge in [0.25, 0.3) is 5.91 Å². The summed E-state index contributed by atoms with van der Waals surface area (Å²) in [5.74, 6) is -1.68. The number of benzene rings is 4. The highest BCUT2D eigenvalue weighted by Crippen LogP contribution is 2.36. The number of carboxylic acid groups (broad SMARTS) is 1. The van der Waals surface area contributed by atoms with Crippen molar-refractivity contribution in [3.63, 3.8) is 0 Å². The Hall–Kier alpha value is -4.71. The van der Waals surface area contributed by atoms with Gasteiger partial charge in [0.05, 0.1) is 11.3 Å². The van der Waals surface area contributed by atoms with Crippen molar-refractivity contribution in [3.8, 4) is 0 Å². The van der Waals surface area contributed by atoms with Crippen molar-refractivity contribution in [2.24, 2.45) is 5.10 Å².